The number of rotatable bonds is 5. The fourth-order valence-electron chi connectivity index (χ4n) is 2.12. The van der Waals surface area contributed by atoms with Gasteiger partial charge in [0, 0.05) is 26.2 Å². The van der Waals surface area contributed by atoms with E-state index in [4.69, 9.17) is 4.74 Å². The Kier molecular flexibility index (Phi) is 7.05. The number of amides is 1. The van der Waals surface area contributed by atoms with Gasteiger partial charge in [-0.3, -0.25) is 0 Å². The third-order valence-electron chi connectivity index (χ3n) is 3.51. The minimum atomic E-state index is -0.155. The van der Waals surface area contributed by atoms with E-state index >= 15 is 0 Å². The second-order valence-electron chi connectivity index (χ2n) is 4.79. The largest absolute Gasteiger partial charge is 0.448 e. The highest BCUT2D eigenvalue weighted by Gasteiger charge is 2.18. The Hall–Kier alpha value is -0.810. The van der Waals surface area contributed by atoms with Gasteiger partial charge in [-0.05, 0) is 33.1 Å². The maximum Gasteiger partial charge on any atom is 0.409 e. The van der Waals surface area contributed by atoms with E-state index in [1.807, 2.05) is 4.90 Å². The highest BCUT2D eigenvalue weighted by molar-refractivity contribution is 5.67. The number of ether oxygens (including phenoxy) is 1. The van der Waals surface area contributed by atoms with Crippen LogP contribution in [-0.4, -0.2) is 80.3 Å². The van der Waals surface area contributed by atoms with Gasteiger partial charge in [-0.2, -0.15) is 0 Å². The van der Waals surface area contributed by atoms with E-state index in [9.17, 15) is 4.79 Å². The maximum atomic E-state index is 11.9. The van der Waals surface area contributed by atoms with Gasteiger partial charge >= 0.3 is 6.09 Å². The van der Waals surface area contributed by atoms with E-state index in [0.717, 1.165) is 52.2 Å². The Morgan fingerprint density at radius 3 is 2.56 bits per heavy atom. The van der Waals surface area contributed by atoms with Crippen LogP contribution >= 0.6 is 0 Å². The molecule has 5 heteroatoms. The molecule has 0 saturated carbocycles. The zero-order chi connectivity index (χ0) is 13.4. The number of hydrogen-bond acceptors (Lipinski definition) is 4. The lowest BCUT2D eigenvalue weighted by Crippen LogP contribution is -2.36. The summed E-state index contributed by atoms with van der Waals surface area (Å²) in [7, 11) is 2.09. The Morgan fingerprint density at radius 1 is 1.17 bits per heavy atom. The van der Waals surface area contributed by atoms with Crippen LogP contribution in [0.15, 0.2) is 0 Å². The highest BCUT2D eigenvalue weighted by Crippen LogP contribution is 2.03. The second-order valence-corrected chi connectivity index (χ2v) is 4.79. The van der Waals surface area contributed by atoms with Crippen LogP contribution in [-0.2, 0) is 4.74 Å². The van der Waals surface area contributed by atoms with Gasteiger partial charge in [0.25, 0.3) is 0 Å². The van der Waals surface area contributed by atoms with Crippen LogP contribution in [0, 0.1) is 0 Å². The molecule has 106 valence electrons. The van der Waals surface area contributed by atoms with E-state index in [1.165, 1.54) is 0 Å². The molecule has 0 aromatic rings. The van der Waals surface area contributed by atoms with Gasteiger partial charge in [0.1, 0.15) is 6.61 Å². The molecule has 1 aliphatic rings. The Morgan fingerprint density at radius 2 is 1.89 bits per heavy atom. The lowest BCUT2D eigenvalue weighted by atomic mass is 10.4. The lowest BCUT2D eigenvalue weighted by Gasteiger charge is -2.22. The first-order chi connectivity index (χ1) is 8.67. The van der Waals surface area contributed by atoms with Crippen molar-refractivity contribution in [3.8, 4) is 0 Å². The van der Waals surface area contributed by atoms with Gasteiger partial charge in [-0.1, -0.05) is 13.8 Å². The molecule has 0 spiro atoms. The van der Waals surface area contributed by atoms with Crippen LogP contribution in [0.5, 0.6) is 0 Å². The summed E-state index contributed by atoms with van der Waals surface area (Å²) in [5.74, 6) is 0. The van der Waals surface area contributed by atoms with Gasteiger partial charge in [0.15, 0.2) is 0 Å². The molecule has 1 heterocycles. The molecule has 1 fully saturated rings. The van der Waals surface area contributed by atoms with Crippen LogP contribution in [0.2, 0.25) is 0 Å². The van der Waals surface area contributed by atoms with Crippen molar-refractivity contribution in [2.45, 2.75) is 20.3 Å². The third-order valence-corrected chi connectivity index (χ3v) is 3.51. The Labute approximate surface area is 111 Å². The summed E-state index contributed by atoms with van der Waals surface area (Å²) in [6.07, 6.45) is 0.874. The molecular weight excluding hydrogens is 230 g/mol. The molecule has 0 N–H and O–H groups in total. The average molecular weight is 257 g/mol. The van der Waals surface area contributed by atoms with E-state index in [-0.39, 0.29) is 6.09 Å². The molecule has 0 aromatic carbocycles. The van der Waals surface area contributed by atoms with Crippen molar-refractivity contribution in [2.24, 2.45) is 0 Å². The fourth-order valence-corrected chi connectivity index (χ4v) is 2.12. The third kappa shape index (κ3) is 5.23. The molecule has 0 aliphatic carbocycles. The highest BCUT2D eigenvalue weighted by atomic mass is 16.6. The number of likely N-dealkylation sites (N-methyl/N-ethyl adjacent to an activating group) is 2. The number of carbonyl (C=O) groups is 1. The van der Waals surface area contributed by atoms with Gasteiger partial charge < -0.3 is 19.4 Å². The van der Waals surface area contributed by atoms with Gasteiger partial charge in [-0.25, -0.2) is 4.79 Å². The molecule has 0 radical (unpaired) electrons. The first-order valence-corrected chi connectivity index (χ1v) is 7.00. The molecule has 1 aliphatic heterocycles. The van der Waals surface area contributed by atoms with Crippen molar-refractivity contribution in [3.63, 3.8) is 0 Å². The van der Waals surface area contributed by atoms with Crippen LogP contribution in [0.3, 0.4) is 0 Å². The quantitative estimate of drug-likeness (QED) is 0.739. The van der Waals surface area contributed by atoms with E-state index in [0.29, 0.717) is 6.61 Å². The van der Waals surface area contributed by atoms with Gasteiger partial charge in [0.05, 0.1) is 0 Å². The normalized spacial score (nSPS) is 17.9. The van der Waals surface area contributed by atoms with Crippen molar-refractivity contribution >= 4 is 6.09 Å². The van der Waals surface area contributed by atoms with Crippen LogP contribution in [0.25, 0.3) is 0 Å². The van der Waals surface area contributed by atoms with E-state index in [2.05, 4.69) is 30.7 Å². The second kappa shape index (κ2) is 8.32. The van der Waals surface area contributed by atoms with E-state index in [1.54, 1.807) is 0 Å². The van der Waals surface area contributed by atoms with Crippen molar-refractivity contribution in [3.05, 3.63) is 0 Å². The van der Waals surface area contributed by atoms with Gasteiger partial charge in [0.2, 0.25) is 0 Å². The predicted octanol–water partition coefficient (Wildman–Crippen LogP) is 1.10. The summed E-state index contributed by atoms with van der Waals surface area (Å²) in [6.45, 7) is 11.2. The number of nitrogens with zero attached hydrogens (tertiary/aromatic N) is 3. The number of carbonyl (C=O) groups excluding carboxylic acids is 1. The SMILES string of the molecule is CCN(CC)CCOC(=O)N1CCCN(C)CC1. The van der Waals surface area contributed by atoms with E-state index < -0.39 is 0 Å². The molecule has 1 saturated heterocycles. The minimum absolute atomic E-state index is 0.155. The molecule has 18 heavy (non-hydrogen) atoms. The average Bonchev–Trinajstić information content (AvgIpc) is 2.59. The molecular formula is C13H27N3O2. The Balaban J connectivity index is 2.23. The summed E-state index contributed by atoms with van der Waals surface area (Å²) in [4.78, 5) is 18.2. The molecule has 0 atom stereocenters. The monoisotopic (exact) mass is 257 g/mol. The smallest absolute Gasteiger partial charge is 0.409 e. The molecule has 0 unspecified atom stereocenters. The minimum Gasteiger partial charge on any atom is -0.448 e. The standard InChI is InChI=1S/C13H27N3O2/c1-4-15(5-2)11-12-18-13(17)16-8-6-7-14(3)9-10-16/h4-12H2,1-3H3. The van der Waals surface area contributed by atoms with Crippen LogP contribution in [0.1, 0.15) is 20.3 Å². The van der Waals surface area contributed by atoms with Crippen molar-refractivity contribution in [1.82, 2.24) is 14.7 Å². The van der Waals surface area contributed by atoms with Crippen LogP contribution < -0.4 is 0 Å². The summed E-state index contributed by atoms with van der Waals surface area (Å²) in [6, 6.07) is 0. The topological polar surface area (TPSA) is 36.0 Å². The Bertz CT molecular complexity index is 244. The summed E-state index contributed by atoms with van der Waals surface area (Å²) in [5, 5.41) is 0. The lowest BCUT2D eigenvalue weighted by molar-refractivity contribution is 0.0929. The zero-order valence-corrected chi connectivity index (χ0v) is 12.0. The molecule has 5 nitrogen and oxygen atoms in total. The molecule has 0 bridgehead atoms. The molecule has 1 amide bonds. The summed E-state index contributed by atoms with van der Waals surface area (Å²) < 4.78 is 5.33. The molecule has 1 rings (SSSR count). The first kappa shape index (κ1) is 15.2. The van der Waals surface area contributed by atoms with Crippen molar-refractivity contribution in [2.75, 3.05) is 59.5 Å². The van der Waals surface area contributed by atoms with Crippen molar-refractivity contribution in [1.29, 1.82) is 0 Å². The van der Waals surface area contributed by atoms with Crippen molar-refractivity contribution < 1.29 is 9.53 Å². The number of hydrogen-bond donors (Lipinski definition) is 0. The zero-order valence-electron chi connectivity index (χ0n) is 12.0. The predicted molar refractivity (Wildman–Crippen MR) is 72.8 cm³/mol. The first-order valence-electron chi connectivity index (χ1n) is 7.00. The van der Waals surface area contributed by atoms with Crippen LogP contribution in [0.4, 0.5) is 4.79 Å². The molecule has 0 aromatic heterocycles. The maximum absolute atomic E-state index is 11.9. The fraction of sp³-hybridized carbons (Fsp3) is 0.923. The van der Waals surface area contributed by atoms with Gasteiger partial charge in [-0.15, -0.1) is 0 Å². The summed E-state index contributed by atoms with van der Waals surface area (Å²) >= 11 is 0. The summed E-state index contributed by atoms with van der Waals surface area (Å²) in [5.41, 5.74) is 0.